The summed E-state index contributed by atoms with van der Waals surface area (Å²) in [5.41, 5.74) is 8.29. The summed E-state index contributed by atoms with van der Waals surface area (Å²) in [6, 6.07) is 14.9. The van der Waals surface area contributed by atoms with E-state index in [2.05, 4.69) is 69.2 Å². The van der Waals surface area contributed by atoms with E-state index in [9.17, 15) is 0 Å². The van der Waals surface area contributed by atoms with Crippen LogP contribution in [-0.2, 0) is 6.42 Å². The van der Waals surface area contributed by atoms with Gasteiger partial charge in [0.2, 0.25) is 0 Å². The standard InChI is InChI=1S/C22H25NO/c1-5-6-12-19-21(18-10-8-7-9-11-18)22(23-24-19)20-16(3)13-15(2)14-17(20)4/h7-11,13-14H,5-6,12H2,1-4H3. The van der Waals surface area contributed by atoms with Crippen molar-refractivity contribution in [3.63, 3.8) is 0 Å². The molecule has 0 unspecified atom stereocenters. The molecule has 0 atom stereocenters. The minimum absolute atomic E-state index is 0.928. The number of aromatic nitrogens is 1. The molecule has 2 heteroatoms. The summed E-state index contributed by atoms with van der Waals surface area (Å²) >= 11 is 0. The zero-order valence-electron chi connectivity index (χ0n) is 15.0. The Kier molecular flexibility index (Phi) is 4.84. The van der Waals surface area contributed by atoms with Crippen LogP contribution >= 0.6 is 0 Å². The van der Waals surface area contributed by atoms with E-state index in [0.717, 1.165) is 36.3 Å². The Bertz CT molecular complexity index is 807. The van der Waals surface area contributed by atoms with Crippen LogP contribution in [0.3, 0.4) is 0 Å². The highest BCUT2D eigenvalue weighted by molar-refractivity contribution is 5.84. The second kappa shape index (κ2) is 7.04. The summed E-state index contributed by atoms with van der Waals surface area (Å²) in [7, 11) is 0. The minimum atomic E-state index is 0.928. The lowest BCUT2D eigenvalue weighted by molar-refractivity contribution is 0.382. The zero-order chi connectivity index (χ0) is 17.1. The maximum atomic E-state index is 5.80. The molecule has 0 saturated carbocycles. The second-order valence-corrected chi connectivity index (χ2v) is 6.57. The predicted octanol–water partition coefficient (Wildman–Crippen LogP) is 6.28. The molecule has 0 spiro atoms. The maximum Gasteiger partial charge on any atom is 0.145 e. The van der Waals surface area contributed by atoms with Gasteiger partial charge < -0.3 is 4.52 Å². The Labute approximate surface area is 144 Å². The predicted molar refractivity (Wildman–Crippen MR) is 100 cm³/mol. The van der Waals surface area contributed by atoms with Crippen LogP contribution in [-0.4, -0.2) is 5.16 Å². The lowest BCUT2D eigenvalue weighted by Gasteiger charge is -2.11. The minimum Gasteiger partial charge on any atom is -0.360 e. The van der Waals surface area contributed by atoms with Crippen LogP contribution < -0.4 is 0 Å². The van der Waals surface area contributed by atoms with Crippen molar-refractivity contribution in [1.82, 2.24) is 5.16 Å². The third kappa shape index (κ3) is 3.14. The molecule has 0 radical (unpaired) electrons. The van der Waals surface area contributed by atoms with Crippen LogP contribution in [0.15, 0.2) is 47.0 Å². The van der Waals surface area contributed by atoms with Gasteiger partial charge in [-0.15, -0.1) is 0 Å². The molecule has 0 amide bonds. The van der Waals surface area contributed by atoms with Gasteiger partial charge in [-0.25, -0.2) is 0 Å². The molecule has 3 aromatic rings. The van der Waals surface area contributed by atoms with Gasteiger partial charge in [0.1, 0.15) is 11.5 Å². The van der Waals surface area contributed by atoms with Crippen molar-refractivity contribution in [2.24, 2.45) is 0 Å². The van der Waals surface area contributed by atoms with Crippen LogP contribution in [0.5, 0.6) is 0 Å². The first kappa shape index (κ1) is 16.5. The van der Waals surface area contributed by atoms with Crippen molar-refractivity contribution < 1.29 is 4.52 Å². The second-order valence-electron chi connectivity index (χ2n) is 6.57. The van der Waals surface area contributed by atoms with Gasteiger partial charge in [0.15, 0.2) is 0 Å². The van der Waals surface area contributed by atoms with Crippen molar-refractivity contribution in [2.45, 2.75) is 47.0 Å². The number of hydrogen-bond acceptors (Lipinski definition) is 2. The maximum absolute atomic E-state index is 5.80. The number of unbranched alkanes of at least 4 members (excludes halogenated alkanes) is 1. The molecular formula is C22H25NO. The van der Waals surface area contributed by atoms with Gasteiger partial charge in [0.25, 0.3) is 0 Å². The summed E-state index contributed by atoms with van der Waals surface area (Å²) in [4.78, 5) is 0. The van der Waals surface area contributed by atoms with Gasteiger partial charge in [0, 0.05) is 12.0 Å². The molecule has 1 aromatic heterocycles. The molecule has 2 aromatic carbocycles. The van der Waals surface area contributed by atoms with Crippen molar-refractivity contribution in [3.05, 3.63) is 64.9 Å². The molecule has 3 rings (SSSR count). The number of rotatable bonds is 5. The highest BCUT2D eigenvalue weighted by Gasteiger charge is 2.21. The lowest BCUT2D eigenvalue weighted by Crippen LogP contribution is -1.93. The Morgan fingerprint density at radius 1 is 0.917 bits per heavy atom. The fraction of sp³-hybridized carbons (Fsp3) is 0.318. The molecule has 124 valence electrons. The Hall–Kier alpha value is -2.35. The average Bonchev–Trinajstić information content (AvgIpc) is 2.96. The number of aryl methyl sites for hydroxylation is 4. The molecule has 24 heavy (non-hydrogen) atoms. The molecule has 0 aliphatic carbocycles. The van der Waals surface area contributed by atoms with Crippen LogP contribution in [0.25, 0.3) is 22.4 Å². The van der Waals surface area contributed by atoms with E-state index in [1.807, 2.05) is 6.07 Å². The lowest BCUT2D eigenvalue weighted by atomic mass is 9.91. The molecule has 0 saturated heterocycles. The van der Waals surface area contributed by atoms with E-state index in [0.29, 0.717) is 0 Å². The van der Waals surface area contributed by atoms with Gasteiger partial charge in [-0.2, -0.15) is 0 Å². The molecule has 0 aliphatic heterocycles. The summed E-state index contributed by atoms with van der Waals surface area (Å²) in [6.07, 6.45) is 3.19. The fourth-order valence-corrected chi connectivity index (χ4v) is 3.46. The van der Waals surface area contributed by atoms with Crippen LogP contribution in [0.4, 0.5) is 0 Å². The van der Waals surface area contributed by atoms with E-state index < -0.39 is 0 Å². The van der Waals surface area contributed by atoms with Gasteiger partial charge in [-0.1, -0.05) is 66.5 Å². The van der Waals surface area contributed by atoms with E-state index >= 15 is 0 Å². The number of benzene rings is 2. The molecule has 2 nitrogen and oxygen atoms in total. The Morgan fingerprint density at radius 3 is 2.21 bits per heavy atom. The van der Waals surface area contributed by atoms with E-state index in [1.165, 1.54) is 27.8 Å². The first-order valence-corrected chi connectivity index (χ1v) is 8.74. The Balaban J connectivity index is 2.21. The molecule has 0 bridgehead atoms. The molecular weight excluding hydrogens is 294 g/mol. The van der Waals surface area contributed by atoms with Gasteiger partial charge >= 0.3 is 0 Å². The molecule has 0 fully saturated rings. The summed E-state index contributed by atoms with van der Waals surface area (Å²) in [5, 5.41) is 4.49. The third-order valence-electron chi connectivity index (χ3n) is 4.50. The quantitative estimate of drug-likeness (QED) is 0.553. The van der Waals surface area contributed by atoms with E-state index in [4.69, 9.17) is 4.52 Å². The molecule has 0 N–H and O–H groups in total. The SMILES string of the molecule is CCCCc1onc(-c2c(C)cc(C)cc2C)c1-c1ccccc1. The highest BCUT2D eigenvalue weighted by atomic mass is 16.5. The first-order valence-electron chi connectivity index (χ1n) is 8.74. The zero-order valence-corrected chi connectivity index (χ0v) is 15.0. The average molecular weight is 319 g/mol. The summed E-state index contributed by atoms with van der Waals surface area (Å²) in [6.45, 7) is 8.65. The van der Waals surface area contributed by atoms with Crippen LogP contribution in [0, 0.1) is 20.8 Å². The van der Waals surface area contributed by atoms with Crippen molar-refractivity contribution in [3.8, 4) is 22.4 Å². The largest absolute Gasteiger partial charge is 0.360 e. The summed E-state index contributed by atoms with van der Waals surface area (Å²) < 4.78 is 5.80. The fourth-order valence-electron chi connectivity index (χ4n) is 3.46. The normalized spacial score (nSPS) is 11.0. The van der Waals surface area contributed by atoms with Crippen molar-refractivity contribution in [2.75, 3.05) is 0 Å². The van der Waals surface area contributed by atoms with Gasteiger partial charge in [-0.05, 0) is 43.9 Å². The van der Waals surface area contributed by atoms with E-state index in [-0.39, 0.29) is 0 Å². The van der Waals surface area contributed by atoms with E-state index in [1.54, 1.807) is 0 Å². The number of hydrogen-bond donors (Lipinski definition) is 0. The Morgan fingerprint density at radius 2 is 1.58 bits per heavy atom. The monoisotopic (exact) mass is 319 g/mol. The smallest absolute Gasteiger partial charge is 0.145 e. The van der Waals surface area contributed by atoms with Gasteiger partial charge in [-0.3, -0.25) is 0 Å². The summed E-state index contributed by atoms with van der Waals surface area (Å²) in [5.74, 6) is 0.998. The van der Waals surface area contributed by atoms with Gasteiger partial charge in [0.05, 0.1) is 5.56 Å². The van der Waals surface area contributed by atoms with Crippen LogP contribution in [0.1, 0.15) is 42.2 Å². The number of nitrogens with zero attached hydrogens (tertiary/aromatic N) is 1. The highest BCUT2D eigenvalue weighted by Crippen LogP contribution is 2.38. The topological polar surface area (TPSA) is 26.0 Å². The van der Waals surface area contributed by atoms with Crippen LogP contribution in [0.2, 0.25) is 0 Å². The molecule has 1 heterocycles. The van der Waals surface area contributed by atoms with Crippen molar-refractivity contribution >= 4 is 0 Å². The first-order chi connectivity index (χ1) is 11.6. The molecule has 0 aliphatic rings. The van der Waals surface area contributed by atoms with Crippen molar-refractivity contribution in [1.29, 1.82) is 0 Å². The third-order valence-corrected chi connectivity index (χ3v) is 4.50.